The van der Waals surface area contributed by atoms with Crippen LogP contribution in [0.25, 0.3) is 60.2 Å². The Morgan fingerprint density at radius 1 is 0.644 bits per heavy atom. The maximum atomic E-state index is 6.22. The minimum Gasteiger partial charge on any atom is -0.456 e. The maximum absolute atomic E-state index is 6.22. The van der Waals surface area contributed by atoms with Gasteiger partial charge in [-0.25, -0.2) is 4.99 Å². The summed E-state index contributed by atoms with van der Waals surface area (Å²) in [6.07, 6.45) is -0.346. The van der Waals surface area contributed by atoms with E-state index in [0.717, 1.165) is 44.4 Å². The van der Waals surface area contributed by atoms with Gasteiger partial charge < -0.3 is 14.3 Å². The molecule has 8 aromatic rings. The fraction of sp³-hybridized carbons (Fsp3) is 0.0976. The summed E-state index contributed by atoms with van der Waals surface area (Å²) in [5.74, 6) is 0. The van der Waals surface area contributed by atoms with Gasteiger partial charge in [0.25, 0.3) is 0 Å². The third-order valence-corrected chi connectivity index (χ3v) is 9.98. The number of fused-ring (bicyclic) bond motifs is 9. The number of rotatable bonds is 2. The molecule has 1 atom stereocenters. The normalized spacial score (nSPS) is 17.3. The van der Waals surface area contributed by atoms with E-state index >= 15 is 0 Å². The van der Waals surface area contributed by atoms with Crippen molar-refractivity contribution in [2.45, 2.75) is 25.6 Å². The van der Waals surface area contributed by atoms with Gasteiger partial charge in [0.15, 0.2) is 0 Å². The van der Waals surface area contributed by atoms with Crippen molar-refractivity contribution in [2.24, 2.45) is 4.99 Å². The molecule has 2 aromatic heterocycles. The molecule has 0 spiro atoms. The number of nitrogens with one attached hydrogen (secondary N) is 1. The molecule has 1 N–H and O–H groups in total. The van der Waals surface area contributed by atoms with Gasteiger partial charge in [0.05, 0.1) is 22.4 Å². The number of furan rings is 1. The zero-order valence-electron chi connectivity index (χ0n) is 25.0. The molecule has 2 aliphatic rings. The van der Waals surface area contributed by atoms with E-state index in [1.54, 1.807) is 0 Å². The second kappa shape index (κ2) is 8.73. The first kappa shape index (κ1) is 24.8. The summed E-state index contributed by atoms with van der Waals surface area (Å²) >= 11 is 0. The number of nitrogens with zero attached hydrogens (tertiary/aromatic N) is 2. The van der Waals surface area contributed by atoms with Gasteiger partial charge in [-0.2, -0.15) is 0 Å². The minimum atomic E-state index is -0.346. The Kier molecular flexibility index (Phi) is 4.81. The Morgan fingerprint density at radius 2 is 1.36 bits per heavy atom. The van der Waals surface area contributed by atoms with Crippen LogP contribution in [0.2, 0.25) is 0 Å². The van der Waals surface area contributed by atoms with Crippen LogP contribution in [0, 0.1) is 0 Å². The summed E-state index contributed by atoms with van der Waals surface area (Å²) in [4.78, 5) is 5.65. The number of benzene rings is 6. The van der Waals surface area contributed by atoms with E-state index in [4.69, 9.17) is 9.41 Å². The van der Waals surface area contributed by atoms with Crippen LogP contribution in [-0.4, -0.2) is 10.3 Å². The summed E-state index contributed by atoms with van der Waals surface area (Å²) in [7, 11) is 0. The van der Waals surface area contributed by atoms with Crippen molar-refractivity contribution >= 4 is 65.9 Å². The lowest BCUT2D eigenvalue weighted by Crippen LogP contribution is -2.34. The van der Waals surface area contributed by atoms with Crippen LogP contribution in [0.1, 0.15) is 36.8 Å². The third-order valence-electron chi connectivity index (χ3n) is 9.98. The fourth-order valence-corrected chi connectivity index (χ4v) is 7.90. The molecule has 6 aromatic carbocycles. The molecule has 1 aliphatic heterocycles. The SMILES string of the molecule is CC1(C)C2=C(NC(n3c4ccccc4c4cc5ccccc5cc43)N=C2c2ccc3oc4ccccc4c3c2)c2ccccc21. The van der Waals surface area contributed by atoms with Crippen LogP contribution >= 0.6 is 0 Å². The topological polar surface area (TPSA) is 42.5 Å². The molecule has 3 heterocycles. The number of hydrogen-bond acceptors (Lipinski definition) is 3. The predicted octanol–water partition coefficient (Wildman–Crippen LogP) is 10.1. The second-order valence-electron chi connectivity index (χ2n) is 12.8. The first-order valence-electron chi connectivity index (χ1n) is 15.6. The summed E-state index contributed by atoms with van der Waals surface area (Å²) in [5, 5.41) is 11.1. The van der Waals surface area contributed by atoms with Gasteiger partial charge in [0.1, 0.15) is 11.2 Å². The van der Waals surface area contributed by atoms with E-state index in [2.05, 4.69) is 139 Å². The molecule has 0 fully saturated rings. The molecule has 0 saturated heterocycles. The lowest BCUT2D eigenvalue weighted by Gasteiger charge is -2.32. The summed E-state index contributed by atoms with van der Waals surface area (Å²) in [6.45, 7) is 4.65. The van der Waals surface area contributed by atoms with Gasteiger partial charge in [0.2, 0.25) is 6.29 Å². The quantitative estimate of drug-likeness (QED) is 0.221. The van der Waals surface area contributed by atoms with Crippen LogP contribution < -0.4 is 5.32 Å². The molecule has 10 rings (SSSR count). The average molecular weight is 580 g/mol. The minimum absolute atomic E-state index is 0.229. The Morgan fingerprint density at radius 3 is 2.24 bits per heavy atom. The molecule has 0 bridgehead atoms. The van der Waals surface area contributed by atoms with Crippen LogP contribution in [0.5, 0.6) is 0 Å². The molecule has 0 radical (unpaired) electrons. The highest BCUT2D eigenvalue weighted by Crippen LogP contribution is 2.50. The largest absolute Gasteiger partial charge is 0.456 e. The molecule has 0 amide bonds. The Bertz CT molecular complexity index is 2610. The average Bonchev–Trinajstić information content (AvgIpc) is 3.68. The Hall–Kier alpha value is -5.61. The lowest BCUT2D eigenvalue weighted by molar-refractivity contribution is 0.503. The molecule has 4 nitrogen and oxygen atoms in total. The zero-order chi connectivity index (χ0) is 29.9. The molecular formula is C41H29N3O. The smallest absolute Gasteiger partial charge is 0.201 e. The molecule has 1 aliphatic carbocycles. The summed E-state index contributed by atoms with van der Waals surface area (Å²) in [5.41, 5.74) is 11.0. The maximum Gasteiger partial charge on any atom is 0.201 e. The monoisotopic (exact) mass is 579 g/mol. The summed E-state index contributed by atoms with van der Waals surface area (Å²) < 4.78 is 8.61. The molecule has 45 heavy (non-hydrogen) atoms. The summed E-state index contributed by atoms with van der Waals surface area (Å²) in [6, 6.07) is 45.6. The highest BCUT2D eigenvalue weighted by molar-refractivity contribution is 6.22. The van der Waals surface area contributed by atoms with Crippen molar-refractivity contribution in [3.63, 3.8) is 0 Å². The number of hydrogen-bond donors (Lipinski definition) is 1. The van der Waals surface area contributed by atoms with Crippen molar-refractivity contribution < 1.29 is 4.42 Å². The van der Waals surface area contributed by atoms with Crippen LogP contribution in [0.3, 0.4) is 0 Å². The zero-order valence-corrected chi connectivity index (χ0v) is 25.0. The van der Waals surface area contributed by atoms with Crippen LogP contribution in [0.15, 0.2) is 142 Å². The molecule has 214 valence electrons. The fourth-order valence-electron chi connectivity index (χ4n) is 7.90. The van der Waals surface area contributed by atoms with Crippen molar-refractivity contribution in [2.75, 3.05) is 0 Å². The number of allylic oxidation sites excluding steroid dienone is 1. The first-order chi connectivity index (χ1) is 22.1. The number of aromatic nitrogens is 1. The molecular weight excluding hydrogens is 550 g/mol. The van der Waals surface area contributed by atoms with Gasteiger partial charge in [-0.15, -0.1) is 0 Å². The lowest BCUT2D eigenvalue weighted by atomic mass is 9.77. The predicted molar refractivity (Wildman–Crippen MR) is 186 cm³/mol. The van der Waals surface area contributed by atoms with Crippen LogP contribution in [0.4, 0.5) is 0 Å². The molecule has 0 saturated carbocycles. The van der Waals surface area contributed by atoms with E-state index in [1.165, 1.54) is 43.8 Å². The Balaban J connectivity index is 1.27. The van der Waals surface area contributed by atoms with Crippen molar-refractivity contribution in [3.05, 3.63) is 150 Å². The van der Waals surface area contributed by atoms with Gasteiger partial charge in [-0.3, -0.25) is 0 Å². The first-order valence-corrected chi connectivity index (χ1v) is 15.6. The Labute approximate surface area is 259 Å². The van der Waals surface area contributed by atoms with Crippen LogP contribution in [-0.2, 0) is 5.41 Å². The van der Waals surface area contributed by atoms with E-state index in [1.807, 2.05) is 12.1 Å². The highest BCUT2D eigenvalue weighted by Gasteiger charge is 2.43. The highest BCUT2D eigenvalue weighted by atomic mass is 16.3. The van der Waals surface area contributed by atoms with Crippen molar-refractivity contribution in [1.29, 1.82) is 0 Å². The number of para-hydroxylation sites is 2. The number of aliphatic imine (C=N–C) groups is 1. The van der Waals surface area contributed by atoms with Gasteiger partial charge >= 0.3 is 0 Å². The van der Waals surface area contributed by atoms with Crippen molar-refractivity contribution in [3.8, 4) is 0 Å². The second-order valence-corrected chi connectivity index (χ2v) is 12.8. The third kappa shape index (κ3) is 3.34. The van der Waals surface area contributed by atoms with Gasteiger partial charge in [-0.1, -0.05) is 98.8 Å². The van der Waals surface area contributed by atoms with E-state index in [-0.39, 0.29) is 11.7 Å². The molecule has 4 heteroatoms. The van der Waals surface area contributed by atoms with Gasteiger partial charge in [0, 0.05) is 43.7 Å². The van der Waals surface area contributed by atoms with E-state index in [9.17, 15) is 0 Å². The standard InChI is InChI=1S/C41H29N3O/c1-41(2)32-16-8-5-15-29(32)39-37(41)38(26-19-20-36-31(22-26)28-14-7-10-18-35(28)45-36)42-40(43-39)44-33-17-9-6-13-27(33)30-21-24-11-3-4-12-25(24)23-34(30)44/h3-23,40,43H,1-2H3. The van der Waals surface area contributed by atoms with Gasteiger partial charge in [-0.05, 0) is 58.8 Å². The van der Waals surface area contributed by atoms with Crippen molar-refractivity contribution in [1.82, 2.24) is 9.88 Å². The van der Waals surface area contributed by atoms with E-state index in [0.29, 0.717) is 0 Å². The van der Waals surface area contributed by atoms with E-state index < -0.39 is 0 Å². The molecule has 1 unspecified atom stereocenters.